The maximum absolute atomic E-state index is 12.1. The van der Waals surface area contributed by atoms with Crippen LogP contribution in [0.3, 0.4) is 0 Å². The van der Waals surface area contributed by atoms with Crippen molar-refractivity contribution in [2.24, 2.45) is 5.73 Å². The minimum Gasteiger partial charge on any atom is -0.379 e. The van der Waals surface area contributed by atoms with Crippen molar-refractivity contribution in [1.29, 1.82) is 0 Å². The Kier molecular flexibility index (Phi) is 6.82. The van der Waals surface area contributed by atoms with Crippen LogP contribution in [-0.2, 0) is 21.2 Å². The summed E-state index contributed by atoms with van der Waals surface area (Å²) in [4.78, 5) is 0. The maximum Gasteiger partial charge on any atom is 0.216 e. The lowest BCUT2D eigenvalue weighted by molar-refractivity contribution is 0.133. The smallest absolute Gasteiger partial charge is 0.216 e. The van der Waals surface area contributed by atoms with Gasteiger partial charge in [0.05, 0.1) is 19.0 Å². The Morgan fingerprint density at radius 1 is 1.14 bits per heavy atom. The Bertz CT molecular complexity index is 528. The number of sulfonamides is 1. The number of nitrogens with zero attached hydrogens (tertiary/aromatic N) is 1. The van der Waals surface area contributed by atoms with Crippen molar-refractivity contribution in [2.75, 3.05) is 32.1 Å². The van der Waals surface area contributed by atoms with E-state index in [1.165, 1.54) is 5.56 Å². The molecule has 124 valence electrons. The lowest BCUT2D eigenvalue weighted by atomic mass is 10.1. The van der Waals surface area contributed by atoms with Gasteiger partial charge in [0.2, 0.25) is 10.0 Å². The van der Waals surface area contributed by atoms with E-state index >= 15 is 0 Å². The largest absolute Gasteiger partial charge is 0.379 e. The topological polar surface area (TPSA) is 72.6 Å². The Labute approximate surface area is 133 Å². The minimum atomic E-state index is -3.17. The molecule has 22 heavy (non-hydrogen) atoms. The second-order valence-electron chi connectivity index (χ2n) is 5.80. The molecule has 0 saturated carbocycles. The monoisotopic (exact) mass is 326 g/mol. The fourth-order valence-electron chi connectivity index (χ4n) is 2.65. The second-order valence-corrected chi connectivity index (χ2v) is 7.89. The first-order valence-corrected chi connectivity index (χ1v) is 9.54. The maximum atomic E-state index is 12.1. The molecule has 1 aliphatic heterocycles. The molecule has 1 saturated heterocycles. The average molecular weight is 326 g/mol. The average Bonchev–Trinajstić information content (AvgIpc) is 2.53. The molecule has 2 rings (SSSR count). The Morgan fingerprint density at radius 2 is 1.82 bits per heavy atom. The predicted molar refractivity (Wildman–Crippen MR) is 88.2 cm³/mol. The van der Waals surface area contributed by atoms with E-state index in [-0.39, 0.29) is 18.4 Å². The molecule has 2 N–H and O–H groups in total. The van der Waals surface area contributed by atoms with E-state index in [1.807, 2.05) is 30.3 Å². The Balaban J connectivity index is 1.65. The highest BCUT2D eigenvalue weighted by Gasteiger charge is 2.23. The van der Waals surface area contributed by atoms with E-state index in [0.717, 1.165) is 25.7 Å². The zero-order chi connectivity index (χ0) is 15.8. The summed E-state index contributed by atoms with van der Waals surface area (Å²) in [6.07, 6.45) is 3.78. The zero-order valence-electron chi connectivity index (χ0n) is 13.0. The van der Waals surface area contributed by atoms with Crippen molar-refractivity contribution in [3.8, 4) is 0 Å². The SMILES string of the molecule is NC(COCCS(=O)(=O)N1CCCCC1)Cc1ccccc1. The van der Waals surface area contributed by atoms with Gasteiger partial charge < -0.3 is 10.5 Å². The molecule has 6 heteroatoms. The first-order valence-electron chi connectivity index (χ1n) is 7.93. The number of rotatable bonds is 8. The highest BCUT2D eigenvalue weighted by molar-refractivity contribution is 7.89. The van der Waals surface area contributed by atoms with Gasteiger partial charge >= 0.3 is 0 Å². The molecule has 0 amide bonds. The molecule has 1 unspecified atom stereocenters. The molecule has 0 aromatic heterocycles. The summed E-state index contributed by atoms with van der Waals surface area (Å²) in [6, 6.07) is 9.88. The third-order valence-electron chi connectivity index (χ3n) is 3.87. The van der Waals surface area contributed by atoms with Crippen LogP contribution in [0.1, 0.15) is 24.8 Å². The van der Waals surface area contributed by atoms with Crippen molar-refractivity contribution in [2.45, 2.75) is 31.7 Å². The Hall–Kier alpha value is -0.950. The Morgan fingerprint density at radius 3 is 2.50 bits per heavy atom. The fourth-order valence-corrected chi connectivity index (χ4v) is 4.05. The van der Waals surface area contributed by atoms with E-state index in [4.69, 9.17) is 10.5 Å². The highest BCUT2D eigenvalue weighted by Crippen LogP contribution is 2.13. The van der Waals surface area contributed by atoms with Gasteiger partial charge in [-0.2, -0.15) is 0 Å². The molecule has 0 aliphatic carbocycles. The number of nitrogens with two attached hydrogens (primary N) is 1. The molecule has 1 atom stereocenters. The fraction of sp³-hybridized carbons (Fsp3) is 0.625. The van der Waals surface area contributed by atoms with Crippen molar-refractivity contribution >= 4 is 10.0 Å². The minimum absolute atomic E-state index is 0.0467. The lowest BCUT2D eigenvalue weighted by Gasteiger charge is -2.25. The van der Waals surface area contributed by atoms with Crippen molar-refractivity contribution in [3.63, 3.8) is 0 Å². The standard InChI is InChI=1S/C16H26N2O3S/c17-16(13-15-7-3-1-4-8-15)14-21-11-12-22(19,20)18-9-5-2-6-10-18/h1,3-4,7-8,16H,2,5-6,9-14,17H2. The predicted octanol–water partition coefficient (Wildman–Crippen LogP) is 1.39. The van der Waals surface area contributed by atoms with E-state index in [1.54, 1.807) is 4.31 Å². The van der Waals surface area contributed by atoms with Gasteiger partial charge in [0.1, 0.15) is 0 Å². The molecular weight excluding hydrogens is 300 g/mol. The van der Waals surface area contributed by atoms with Gasteiger partial charge in [0.15, 0.2) is 0 Å². The van der Waals surface area contributed by atoms with Gasteiger partial charge in [0.25, 0.3) is 0 Å². The molecule has 5 nitrogen and oxygen atoms in total. The van der Waals surface area contributed by atoms with Gasteiger partial charge in [-0.3, -0.25) is 0 Å². The third kappa shape index (κ3) is 5.68. The van der Waals surface area contributed by atoms with Crippen molar-refractivity contribution < 1.29 is 13.2 Å². The number of hydrogen-bond donors (Lipinski definition) is 1. The van der Waals surface area contributed by atoms with E-state index in [0.29, 0.717) is 19.7 Å². The summed E-state index contributed by atoms with van der Waals surface area (Å²) in [5, 5.41) is 0. The summed E-state index contributed by atoms with van der Waals surface area (Å²) in [5.74, 6) is 0.0467. The number of benzene rings is 1. The molecule has 1 fully saturated rings. The molecular formula is C16H26N2O3S. The number of piperidine rings is 1. The van der Waals surface area contributed by atoms with Gasteiger partial charge in [0, 0.05) is 19.1 Å². The van der Waals surface area contributed by atoms with E-state index in [9.17, 15) is 8.42 Å². The molecule has 1 aromatic rings. The van der Waals surface area contributed by atoms with Gasteiger partial charge in [-0.15, -0.1) is 0 Å². The first kappa shape index (κ1) is 17.4. The van der Waals surface area contributed by atoms with Crippen LogP contribution >= 0.6 is 0 Å². The van der Waals surface area contributed by atoms with Gasteiger partial charge in [-0.25, -0.2) is 12.7 Å². The van der Waals surface area contributed by atoms with Crippen LogP contribution in [0.5, 0.6) is 0 Å². The van der Waals surface area contributed by atoms with Crippen molar-refractivity contribution in [3.05, 3.63) is 35.9 Å². The summed E-state index contributed by atoms with van der Waals surface area (Å²) in [7, 11) is -3.17. The van der Waals surface area contributed by atoms with E-state index in [2.05, 4.69) is 0 Å². The van der Waals surface area contributed by atoms with Crippen LogP contribution in [0.4, 0.5) is 0 Å². The van der Waals surface area contributed by atoms with Crippen LogP contribution in [0.25, 0.3) is 0 Å². The molecule has 1 heterocycles. The molecule has 0 spiro atoms. The third-order valence-corrected chi connectivity index (χ3v) is 5.70. The lowest BCUT2D eigenvalue weighted by Crippen LogP contribution is -2.38. The summed E-state index contributed by atoms with van der Waals surface area (Å²) in [5.41, 5.74) is 7.18. The number of hydrogen-bond acceptors (Lipinski definition) is 4. The second kappa shape index (κ2) is 8.62. The number of ether oxygens (including phenoxy) is 1. The van der Waals surface area contributed by atoms with Crippen LogP contribution in [0, 0.1) is 0 Å². The molecule has 0 bridgehead atoms. The van der Waals surface area contributed by atoms with Crippen LogP contribution < -0.4 is 5.73 Å². The first-order chi connectivity index (χ1) is 10.6. The summed E-state index contributed by atoms with van der Waals surface area (Å²) in [6.45, 7) is 1.89. The van der Waals surface area contributed by atoms with E-state index < -0.39 is 10.0 Å². The molecule has 1 aromatic carbocycles. The summed E-state index contributed by atoms with van der Waals surface area (Å²) >= 11 is 0. The van der Waals surface area contributed by atoms with Crippen LogP contribution in [0.2, 0.25) is 0 Å². The van der Waals surface area contributed by atoms with Gasteiger partial charge in [-0.1, -0.05) is 36.8 Å². The normalized spacial score (nSPS) is 18.2. The quantitative estimate of drug-likeness (QED) is 0.733. The molecule has 0 radical (unpaired) electrons. The highest BCUT2D eigenvalue weighted by atomic mass is 32.2. The molecule has 1 aliphatic rings. The summed E-state index contributed by atoms with van der Waals surface area (Å²) < 4.78 is 31.3. The zero-order valence-corrected chi connectivity index (χ0v) is 13.8. The van der Waals surface area contributed by atoms with Crippen LogP contribution in [-0.4, -0.2) is 50.8 Å². The van der Waals surface area contributed by atoms with Gasteiger partial charge in [-0.05, 0) is 24.8 Å². The van der Waals surface area contributed by atoms with Crippen molar-refractivity contribution in [1.82, 2.24) is 4.31 Å². The van der Waals surface area contributed by atoms with Crippen LogP contribution in [0.15, 0.2) is 30.3 Å².